The number of halogens is 1. The molecule has 0 radical (unpaired) electrons. The second kappa shape index (κ2) is 6.56. The molecule has 0 amide bonds. The van der Waals surface area contributed by atoms with E-state index in [0.29, 0.717) is 0 Å². The number of ether oxygens (including phenoxy) is 1. The van der Waals surface area contributed by atoms with Gasteiger partial charge in [0, 0.05) is 43.8 Å². The van der Waals surface area contributed by atoms with Crippen molar-refractivity contribution in [2.24, 2.45) is 0 Å². The summed E-state index contributed by atoms with van der Waals surface area (Å²) in [6.45, 7) is 1.50. The smallest absolute Gasteiger partial charge is 0.321 e. The van der Waals surface area contributed by atoms with Crippen LogP contribution < -0.4 is 4.90 Å². The first kappa shape index (κ1) is 14.6. The first-order chi connectivity index (χ1) is 9.60. The Morgan fingerprint density at radius 2 is 1.95 bits per heavy atom. The lowest BCUT2D eigenvalue weighted by molar-refractivity contribution is -0.384. The molecule has 1 aliphatic heterocycles. The number of anilines is 1. The van der Waals surface area contributed by atoms with Crippen LogP contribution in [0.4, 0.5) is 11.4 Å². The number of hydrogen-bond donors (Lipinski definition) is 0. The van der Waals surface area contributed by atoms with Gasteiger partial charge in [0.25, 0.3) is 5.69 Å². The quantitative estimate of drug-likeness (QED) is 0.369. The van der Waals surface area contributed by atoms with Gasteiger partial charge in [0.15, 0.2) is 0 Å². The molecule has 0 aromatic heterocycles. The van der Waals surface area contributed by atoms with E-state index >= 15 is 0 Å². The molecule has 1 heterocycles. The number of piperidine rings is 1. The van der Waals surface area contributed by atoms with Crippen molar-refractivity contribution in [3.63, 3.8) is 0 Å². The molecular weight excluding hydrogens is 284 g/mol. The van der Waals surface area contributed by atoms with Gasteiger partial charge in [0.2, 0.25) is 0 Å². The van der Waals surface area contributed by atoms with E-state index in [1.807, 2.05) is 0 Å². The van der Waals surface area contributed by atoms with Crippen molar-refractivity contribution in [3.8, 4) is 0 Å². The van der Waals surface area contributed by atoms with E-state index in [-0.39, 0.29) is 23.6 Å². The molecule has 2 rings (SSSR count). The molecule has 1 aliphatic rings. The first-order valence-corrected chi connectivity index (χ1v) is 6.88. The molecule has 0 N–H and O–H groups in total. The van der Waals surface area contributed by atoms with Crippen LogP contribution in [0.3, 0.4) is 0 Å². The fraction of sp³-hybridized carbons (Fsp3) is 0.462. The Hall–Kier alpha value is -1.82. The highest BCUT2D eigenvalue weighted by Crippen LogP contribution is 2.23. The van der Waals surface area contributed by atoms with Crippen molar-refractivity contribution in [2.45, 2.75) is 18.9 Å². The number of carbonyl (C=O) groups is 1. The lowest BCUT2D eigenvalue weighted by Crippen LogP contribution is -2.38. The molecule has 0 bridgehead atoms. The molecule has 7 heteroatoms. The Labute approximate surface area is 121 Å². The van der Waals surface area contributed by atoms with Gasteiger partial charge in [0.1, 0.15) is 12.0 Å². The molecule has 1 saturated heterocycles. The second-order valence-electron chi connectivity index (χ2n) is 4.58. The summed E-state index contributed by atoms with van der Waals surface area (Å²) in [6.07, 6.45) is 1.38. The van der Waals surface area contributed by atoms with Gasteiger partial charge in [-0.1, -0.05) is 0 Å². The summed E-state index contributed by atoms with van der Waals surface area (Å²) in [4.78, 5) is 23.4. The van der Waals surface area contributed by atoms with Crippen LogP contribution in [0, 0.1) is 10.1 Å². The number of carbonyl (C=O) groups excluding carboxylic acids is 1. The highest BCUT2D eigenvalue weighted by atomic mass is 35.5. The van der Waals surface area contributed by atoms with E-state index in [4.69, 9.17) is 16.3 Å². The largest absolute Gasteiger partial charge is 0.461 e. The van der Waals surface area contributed by atoms with Gasteiger partial charge >= 0.3 is 5.97 Å². The Morgan fingerprint density at radius 3 is 2.45 bits per heavy atom. The molecule has 0 aliphatic carbocycles. The van der Waals surface area contributed by atoms with Crippen molar-refractivity contribution < 1.29 is 14.5 Å². The van der Waals surface area contributed by atoms with Gasteiger partial charge in [-0.2, -0.15) is 0 Å². The number of non-ortho nitro benzene ring substituents is 1. The topological polar surface area (TPSA) is 72.7 Å². The van der Waals surface area contributed by atoms with Crippen molar-refractivity contribution in [3.05, 3.63) is 34.4 Å². The van der Waals surface area contributed by atoms with Crippen molar-refractivity contribution in [2.75, 3.05) is 23.9 Å². The molecule has 20 heavy (non-hydrogen) atoms. The van der Waals surface area contributed by atoms with E-state index in [1.165, 1.54) is 12.1 Å². The predicted molar refractivity (Wildman–Crippen MR) is 75.1 cm³/mol. The van der Waals surface area contributed by atoms with E-state index < -0.39 is 4.92 Å². The molecule has 6 nitrogen and oxygen atoms in total. The number of nitrogens with zero attached hydrogens (tertiary/aromatic N) is 2. The SMILES string of the molecule is O=C(CCl)OC1CCN(c2ccc([N+](=O)[O-])cc2)CC1. The van der Waals surface area contributed by atoms with Gasteiger partial charge in [-0.3, -0.25) is 14.9 Å². The fourth-order valence-corrected chi connectivity index (χ4v) is 2.30. The summed E-state index contributed by atoms with van der Waals surface area (Å²) in [5, 5.41) is 10.6. The number of alkyl halides is 1. The lowest BCUT2D eigenvalue weighted by Gasteiger charge is -2.33. The van der Waals surface area contributed by atoms with E-state index in [2.05, 4.69) is 4.90 Å². The highest BCUT2D eigenvalue weighted by Gasteiger charge is 2.22. The molecule has 1 fully saturated rings. The zero-order valence-electron chi connectivity index (χ0n) is 10.8. The van der Waals surface area contributed by atoms with Gasteiger partial charge in [-0.25, -0.2) is 0 Å². The molecular formula is C13H15ClN2O4. The van der Waals surface area contributed by atoms with Crippen LogP contribution in [-0.2, 0) is 9.53 Å². The van der Waals surface area contributed by atoms with Crippen LogP contribution in [-0.4, -0.2) is 36.0 Å². The maximum atomic E-state index is 11.1. The first-order valence-electron chi connectivity index (χ1n) is 6.35. The standard InChI is InChI=1S/C13H15ClN2O4/c14-9-13(17)20-12-5-7-15(8-6-12)10-1-3-11(4-2-10)16(18)19/h1-4,12H,5-9H2. The Balaban J connectivity index is 1.90. The average Bonchev–Trinajstić information content (AvgIpc) is 2.48. The maximum absolute atomic E-state index is 11.1. The van der Waals surface area contributed by atoms with Crippen molar-refractivity contribution in [1.82, 2.24) is 0 Å². The summed E-state index contributed by atoms with van der Waals surface area (Å²) in [5.74, 6) is -0.511. The molecule has 108 valence electrons. The minimum atomic E-state index is -0.415. The third-order valence-corrected chi connectivity index (χ3v) is 3.49. The molecule has 0 saturated carbocycles. The monoisotopic (exact) mass is 298 g/mol. The van der Waals surface area contributed by atoms with Crippen molar-refractivity contribution in [1.29, 1.82) is 0 Å². The summed E-state index contributed by atoms with van der Waals surface area (Å²) < 4.78 is 5.19. The summed E-state index contributed by atoms with van der Waals surface area (Å²) in [6, 6.07) is 6.47. The van der Waals surface area contributed by atoms with Crippen LogP contribution >= 0.6 is 11.6 Å². The number of rotatable bonds is 4. The molecule has 0 spiro atoms. The molecule has 1 aromatic rings. The van der Waals surface area contributed by atoms with Gasteiger partial charge in [0.05, 0.1) is 4.92 Å². The Bertz CT molecular complexity index is 484. The van der Waals surface area contributed by atoms with Crippen molar-refractivity contribution >= 4 is 28.9 Å². The van der Waals surface area contributed by atoms with Crippen LogP contribution in [0.25, 0.3) is 0 Å². The van der Waals surface area contributed by atoms with Gasteiger partial charge < -0.3 is 9.64 Å². The normalized spacial score (nSPS) is 15.9. The number of nitro groups is 1. The van der Waals surface area contributed by atoms with Crippen LogP contribution in [0.5, 0.6) is 0 Å². The summed E-state index contributed by atoms with van der Waals surface area (Å²) in [5.41, 5.74) is 1.03. The summed E-state index contributed by atoms with van der Waals surface area (Å²) in [7, 11) is 0. The van der Waals surface area contributed by atoms with E-state index in [0.717, 1.165) is 31.6 Å². The number of hydrogen-bond acceptors (Lipinski definition) is 5. The molecule has 0 atom stereocenters. The highest BCUT2D eigenvalue weighted by molar-refractivity contribution is 6.26. The molecule has 0 unspecified atom stereocenters. The van der Waals surface area contributed by atoms with Gasteiger partial charge in [-0.05, 0) is 12.1 Å². The van der Waals surface area contributed by atoms with E-state index in [9.17, 15) is 14.9 Å². The van der Waals surface area contributed by atoms with Gasteiger partial charge in [-0.15, -0.1) is 11.6 Å². The Morgan fingerprint density at radius 1 is 1.35 bits per heavy atom. The second-order valence-corrected chi connectivity index (χ2v) is 4.85. The van der Waals surface area contributed by atoms with Crippen LogP contribution in [0.15, 0.2) is 24.3 Å². The van der Waals surface area contributed by atoms with Crippen LogP contribution in [0.2, 0.25) is 0 Å². The summed E-state index contributed by atoms with van der Waals surface area (Å²) >= 11 is 5.40. The van der Waals surface area contributed by atoms with Crippen LogP contribution in [0.1, 0.15) is 12.8 Å². The number of esters is 1. The number of nitro benzene ring substituents is 1. The fourth-order valence-electron chi connectivity index (χ4n) is 2.23. The minimum absolute atomic E-state index is 0.0830. The average molecular weight is 299 g/mol. The third-order valence-electron chi connectivity index (χ3n) is 3.27. The zero-order chi connectivity index (χ0) is 14.5. The third kappa shape index (κ3) is 3.60. The lowest BCUT2D eigenvalue weighted by atomic mass is 10.1. The predicted octanol–water partition coefficient (Wildman–Crippen LogP) is 2.35. The van der Waals surface area contributed by atoms with E-state index in [1.54, 1.807) is 12.1 Å². The zero-order valence-corrected chi connectivity index (χ0v) is 11.6. The minimum Gasteiger partial charge on any atom is -0.461 e. The maximum Gasteiger partial charge on any atom is 0.321 e. The molecule has 1 aromatic carbocycles. The number of benzene rings is 1. The Kier molecular flexibility index (Phi) is 4.79.